The second kappa shape index (κ2) is 4.78. The van der Waals surface area contributed by atoms with Crippen LogP contribution in [0.2, 0.25) is 0 Å². The highest BCUT2D eigenvalue weighted by Crippen LogP contribution is 2.30. The molecule has 2 atom stereocenters. The molecule has 1 aromatic heterocycles. The number of nitrogens with zero attached hydrogens (tertiary/aromatic N) is 2. The molecule has 0 radical (unpaired) electrons. The molecular formula is C13H22N2O2. The number of hydrogen-bond acceptors (Lipinski definition) is 3. The third-order valence-corrected chi connectivity index (χ3v) is 3.64. The van der Waals surface area contributed by atoms with Gasteiger partial charge in [0.1, 0.15) is 0 Å². The minimum atomic E-state index is -0.452. The second-order valence-electron chi connectivity index (χ2n) is 5.08. The quantitative estimate of drug-likeness (QED) is 0.868. The van der Waals surface area contributed by atoms with Gasteiger partial charge in [0.25, 0.3) is 0 Å². The summed E-state index contributed by atoms with van der Waals surface area (Å²) >= 11 is 0. The Morgan fingerprint density at radius 3 is 3.00 bits per heavy atom. The number of aromatic nitrogens is 2. The number of aryl methyl sites for hydroxylation is 2. The van der Waals surface area contributed by atoms with Crippen LogP contribution < -0.4 is 0 Å². The fourth-order valence-electron chi connectivity index (χ4n) is 2.51. The van der Waals surface area contributed by atoms with Gasteiger partial charge < -0.3 is 9.84 Å². The molecular weight excluding hydrogens is 216 g/mol. The van der Waals surface area contributed by atoms with E-state index in [1.807, 2.05) is 24.6 Å². The normalized spacial score (nSPS) is 26.4. The molecule has 2 heterocycles. The molecule has 0 aromatic carbocycles. The van der Waals surface area contributed by atoms with E-state index in [1.54, 1.807) is 0 Å². The lowest BCUT2D eigenvalue weighted by atomic mass is 9.92. The molecule has 1 saturated heterocycles. The van der Waals surface area contributed by atoms with E-state index in [0.29, 0.717) is 6.42 Å². The molecule has 0 amide bonds. The van der Waals surface area contributed by atoms with Crippen molar-refractivity contribution in [3.05, 3.63) is 17.5 Å². The van der Waals surface area contributed by atoms with Crippen molar-refractivity contribution >= 4 is 0 Å². The average molecular weight is 238 g/mol. The first-order chi connectivity index (χ1) is 8.05. The van der Waals surface area contributed by atoms with Gasteiger partial charge in [-0.15, -0.1) is 0 Å². The highest BCUT2D eigenvalue weighted by atomic mass is 16.5. The van der Waals surface area contributed by atoms with Gasteiger partial charge in [0.15, 0.2) is 0 Å². The molecule has 0 saturated carbocycles. The van der Waals surface area contributed by atoms with Gasteiger partial charge in [0, 0.05) is 25.3 Å². The molecule has 1 aliphatic heterocycles. The molecule has 4 nitrogen and oxygen atoms in total. The van der Waals surface area contributed by atoms with Crippen LogP contribution in [-0.2, 0) is 17.7 Å². The zero-order valence-corrected chi connectivity index (χ0v) is 10.9. The first kappa shape index (κ1) is 12.6. The van der Waals surface area contributed by atoms with Gasteiger partial charge in [-0.05, 0) is 39.7 Å². The zero-order chi connectivity index (χ0) is 12.5. The van der Waals surface area contributed by atoms with Gasteiger partial charge in [0.2, 0.25) is 0 Å². The molecule has 2 unspecified atom stereocenters. The van der Waals surface area contributed by atoms with E-state index in [4.69, 9.17) is 4.74 Å². The summed E-state index contributed by atoms with van der Waals surface area (Å²) in [5.41, 5.74) is 1.72. The maximum absolute atomic E-state index is 10.3. The summed E-state index contributed by atoms with van der Waals surface area (Å²) in [5, 5.41) is 14.7. The lowest BCUT2D eigenvalue weighted by molar-refractivity contribution is -0.0774. The Balaban J connectivity index is 2.09. The SMILES string of the molecule is CCn1nc(C)cc1CC(O)C1(C)CCCO1. The molecule has 1 aliphatic rings. The number of aliphatic hydroxyl groups excluding tert-OH is 1. The molecule has 2 rings (SSSR count). The van der Waals surface area contributed by atoms with Crippen LogP contribution in [-0.4, -0.2) is 33.2 Å². The van der Waals surface area contributed by atoms with Gasteiger partial charge in [-0.1, -0.05) is 0 Å². The molecule has 0 spiro atoms. The van der Waals surface area contributed by atoms with Crippen LogP contribution >= 0.6 is 0 Å². The highest BCUT2D eigenvalue weighted by Gasteiger charge is 2.37. The van der Waals surface area contributed by atoms with E-state index < -0.39 is 6.10 Å². The predicted octanol–water partition coefficient (Wildman–Crippen LogP) is 1.68. The summed E-state index contributed by atoms with van der Waals surface area (Å²) in [7, 11) is 0. The molecule has 17 heavy (non-hydrogen) atoms. The van der Waals surface area contributed by atoms with Crippen molar-refractivity contribution in [3.63, 3.8) is 0 Å². The van der Waals surface area contributed by atoms with Crippen LogP contribution in [0.1, 0.15) is 38.1 Å². The van der Waals surface area contributed by atoms with E-state index >= 15 is 0 Å². The van der Waals surface area contributed by atoms with Gasteiger partial charge >= 0.3 is 0 Å². The average Bonchev–Trinajstić information content (AvgIpc) is 2.86. The number of ether oxygens (including phenoxy) is 1. The largest absolute Gasteiger partial charge is 0.390 e. The van der Waals surface area contributed by atoms with Crippen LogP contribution in [0.25, 0.3) is 0 Å². The van der Waals surface area contributed by atoms with Gasteiger partial charge in [-0.2, -0.15) is 5.10 Å². The lowest BCUT2D eigenvalue weighted by Crippen LogP contribution is -2.40. The minimum Gasteiger partial charge on any atom is -0.390 e. The Hall–Kier alpha value is -0.870. The van der Waals surface area contributed by atoms with E-state index in [1.165, 1.54) is 0 Å². The summed E-state index contributed by atoms with van der Waals surface area (Å²) in [6.45, 7) is 7.66. The zero-order valence-electron chi connectivity index (χ0n) is 10.9. The Labute approximate surface area is 103 Å². The van der Waals surface area contributed by atoms with Crippen molar-refractivity contribution < 1.29 is 9.84 Å². The summed E-state index contributed by atoms with van der Waals surface area (Å²) in [5.74, 6) is 0. The number of rotatable bonds is 4. The standard InChI is InChI=1S/C13H22N2O2/c1-4-15-11(8-10(2)14-15)9-12(16)13(3)6-5-7-17-13/h8,12,16H,4-7,9H2,1-3H3. The van der Waals surface area contributed by atoms with Crippen molar-refractivity contribution in [2.45, 2.75) is 58.3 Å². The van der Waals surface area contributed by atoms with Gasteiger partial charge in [-0.25, -0.2) is 0 Å². The summed E-state index contributed by atoms with van der Waals surface area (Å²) in [4.78, 5) is 0. The Bertz CT molecular complexity index is 381. The van der Waals surface area contributed by atoms with Crippen LogP contribution in [0.3, 0.4) is 0 Å². The first-order valence-corrected chi connectivity index (χ1v) is 6.40. The number of aliphatic hydroxyl groups is 1. The maximum Gasteiger partial charge on any atom is 0.0916 e. The maximum atomic E-state index is 10.3. The van der Waals surface area contributed by atoms with Crippen LogP contribution in [0.15, 0.2) is 6.07 Å². The Morgan fingerprint density at radius 1 is 1.65 bits per heavy atom. The van der Waals surface area contributed by atoms with E-state index in [-0.39, 0.29) is 5.60 Å². The lowest BCUT2D eigenvalue weighted by Gasteiger charge is -2.29. The minimum absolute atomic E-state index is 0.378. The Kier molecular flexibility index (Phi) is 3.54. The monoisotopic (exact) mass is 238 g/mol. The fourth-order valence-corrected chi connectivity index (χ4v) is 2.51. The molecule has 1 N–H and O–H groups in total. The van der Waals surface area contributed by atoms with Crippen molar-refractivity contribution in [2.24, 2.45) is 0 Å². The first-order valence-electron chi connectivity index (χ1n) is 6.40. The molecule has 4 heteroatoms. The predicted molar refractivity (Wildman–Crippen MR) is 65.9 cm³/mol. The van der Waals surface area contributed by atoms with Crippen molar-refractivity contribution in [2.75, 3.05) is 6.61 Å². The van der Waals surface area contributed by atoms with Crippen LogP contribution in [0.4, 0.5) is 0 Å². The molecule has 1 aromatic rings. The third-order valence-electron chi connectivity index (χ3n) is 3.64. The summed E-state index contributed by atoms with van der Waals surface area (Å²) in [6, 6.07) is 2.05. The van der Waals surface area contributed by atoms with Crippen molar-refractivity contribution in [3.8, 4) is 0 Å². The van der Waals surface area contributed by atoms with Crippen LogP contribution in [0, 0.1) is 6.92 Å². The number of hydrogen-bond donors (Lipinski definition) is 1. The summed E-state index contributed by atoms with van der Waals surface area (Å²) < 4.78 is 7.63. The van der Waals surface area contributed by atoms with Gasteiger partial charge in [0.05, 0.1) is 17.4 Å². The molecule has 1 fully saturated rings. The van der Waals surface area contributed by atoms with Crippen molar-refractivity contribution in [1.29, 1.82) is 0 Å². The molecule has 96 valence electrons. The second-order valence-corrected chi connectivity index (χ2v) is 5.08. The van der Waals surface area contributed by atoms with E-state index in [9.17, 15) is 5.11 Å². The Morgan fingerprint density at radius 2 is 2.41 bits per heavy atom. The smallest absolute Gasteiger partial charge is 0.0916 e. The summed E-state index contributed by atoms with van der Waals surface area (Å²) in [6.07, 6.45) is 2.14. The van der Waals surface area contributed by atoms with Crippen molar-refractivity contribution in [1.82, 2.24) is 9.78 Å². The molecule has 0 bridgehead atoms. The van der Waals surface area contributed by atoms with E-state index in [2.05, 4.69) is 12.0 Å². The molecule has 0 aliphatic carbocycles. The van der Waals surface area contributed by atoms with Gasteiger partial charge in [-0.3, -0.25) is 4.68 Å². The third kappa shape index (κ3) is 2.53. The highest BCUT2D eigenvalue weighted by molar-refractivity contribution is 5.11. The fraction of sp³-hybridized carbons (Fsp3) is 0.769. The van der Waals surface area contributed by atoms with Crippen LogP contribution in [0.5, 0.6) is 0 Å². The van der Waals surface area contributed by atoms with E-state index in [0.717, 1.165) is 37.4 Å². The topological polar surface area (TPSA) is 47.3 Å².